The van der Waals surface area contributed by atoms with Gasteiger partial charge in [-0.1, -0.05) is 0 Å². The van der Waals surface area contributed by atoms with Crippen molar-refractivity contribution in [2.24, 2.45) is 0 Å². The Morgan fingerprint density at radius 3 is 2.85 bits per heavy atom. The molecule has 4 nitrogen and oxygen atoms in total. The van der Waals surface area contributed by atoms with Crippen molar-refractivity contribution in [3.63, 3.8) is 0 Å². The second-order valence-corrected chi connectivity index (χ2v) is 2.42. The quantitative estimate of drug-likeness (QED) is 0.551. The molecule has 0 radical (unpaired) electrons. The number of aromatic hydroxyl groups is 1. The zero-order valence-electron chi connectivity index (χ0n) is 7.70. The van der Waals surface area contributed by atoms with Gasteiger partial charge in [0.2, 0.25) is 0 Å². The van der Waals surface area contributed by atoms with Crippen LogP contribution in [0.5, 0.6) is 11.5 Å². The Bertz CT molecular complexity index is 276. The Balaban J connectivity index is 2.78. The zero-order valence-corrected chi connectivity index (χ0v) is 7.70. The summed E-state index contributed by atoms with van der Waals surface area (Å²) in [6.45, 7) is 2.38. The second kappa shape index (κ2) is 4.57. The van der Waals surface area contributed by atoms with Crippen molar-refractivity contribution >= 4 is 5.69 Å². The van der Waals surface area contributed by atoms with E-state index in [-0.39, 0.29) is 5.75 Å². The smallest absolute Gasteiger partial charge is 0.141 e. The first kappa shape index (κ1) is 9.67. The molecule has 0 atom stereocenters. The summed E-state index contributed by atoms with van der Waals surface area (Å²) >= 11 is 0. The maximum Gasteiger partial charge on any atom is 0.141 e. The van der Waals surface area contributed by atoms with E-state index in [1.807, 2.05) is 6.92 Å². The standard InChI is InChI=1S/C9H13NO3/c1-3-13-10-8-6-7(12-2)4-5-9(8)11/h4-6,10-11H,3H2,1-2H3. The van der Waals surface area contributed by atoms with E-state index < -0.39 is 0 Å². The molecule has 0 saturated heterocycles. The third kappa shape index (κ3) is 2.52. The van der Waals surface area contributed by atoms with E-state index in [9.17, 15) is 5.11 Å². The van der Waals surface area contributed by atoms with Gasteiger partial charge in [0.05, 0.1) is 13.7 Å². The molecule has 0 aliphatic carbocycles. The fourth-order valence-electron chi connectivity index (χ4n) is 0.874. The first-order valence-electron chi connectivity index (χ1n) is 4.02. The van der Waals surface area contributed by atoms with Crippen molar-refractivity contribution in [2.45, 2.75) is 6.92 Å². The minimum atomic E-state index is 0.134. The summed E-state index contributed by atoms with van der Waals surface area (Å²) in [4.78, 5) is 4.93. The number of phenols is 1. The average molecular weight is 183 g/mol. The highest BCUT2D eigenvalue weighted by atomic mass is 16.6. The lowest BCUT2D eigenvalue weighted by molar-refractivity contribution is 0.209. The number of methoxy groups -OCH3 is 1. The van der Waals surface area contributed by atoms with Gasteiger partial charge in [0, 0.05) is 6.07 Å². The van der Waals surface area contributed by atoms with Gasteiger partial charge in [-0.15, -0.1) is 0 Å². The molecule has 0 saturated carbocycles. The Kier molecular flexibility index (Phi) is 3.40. The number of benzene rings is 1. The van der Waals surface area contributed by atoms with Gasteiger partial charge < -0.3 is 9.84 Å². The van der Waals surface area contributed by atoms with E-state index >= 15 is 0 Å². The first-order valence-corrected chi connectivity index (χ1v) is 4.02. The molecule has 0 amide bonds. The normalized spacial score (nSPS) is 9.69. The van der Waals surface area contributed by atoms with Crippen molar-refractivity contribution in [3.8, 4) is 11.5 Å². The maximum atomic E-state index is 9.36. The predicted octanol–water partition coefficient (Wildman–Crippen LogP) is 1.76. The van der Waals surface area contributed by atoms with Gasteiger partial charge >= 0.3 is 0 Å². The highest BCUT2D eigenvalue weighted by Gasteiger charge is 2.01. The van der Waals surface area contributed by atoms with Crippen LogP contribution in [0.4, 0.5) is 5.69 Å². The molecular weight excluding hydrogens is 170 g/mol. The molecule has 1 aromatic carbocycles. The SMILES string of the molecule is CCONc1cc(OC)ccc1O. The Labute approximate surface area is 77.1 Å². The lowest BCUT2D eigenvalue weighted by Crippen LogP contribution is -2.00. The highest BCUT2D eigenvalue weighted by molar-refractivity contribution is 5.57. The molecule has 0 heterocycles. The van der Waals surface area contributed by atoms with Crippen LogP contribution in [0.2, 0.25) is 0 Å². The fraction of sp³-hybridized carbons (Fsp3) is 0.333. The summed E-state index contributed by atoms with van der Waals surface area (Å²) in [5.74, 6) is 0.800. The molecule has 0 spiro atoms. The summed E-state index contributed by atoms with van der Waals surface area (Å²) in [5.41, 5.74) is 3.11. The summed E-state index contributed by atoms with van der Waals surface area (Å²) < 4.78 is 4.98. The summed E-state index contributed by atoms with van der Waals surface area (Å²) in [6.07, 6.45) is 0. The zero-order chi connectivity index (χ0) is 9.68. The van der Waals surface area contributed by atoms with Gasteiger partial charge in [0.15, 0.2) is 0 Å². The molecule has 0 aliphatic rings. The number of ether oxygens (including phenoxy) is 1. The molecule has 2 N–H and O–H groups in total. The number of anilines is 1. The third-order valence-electron chi connectivity index (χ3n) is 1.53. The van der Waals surface area contributed by atoms with Crippen LogP contribution in [0.15, 0.2) is 18.2 Å². The number of hydrogen-bond donors (Lipinski definition) is 2. The number of hydrogen-bond acceptors (Lipinski definition) is 4. The van der Waals surface area contributed by atoms with E-state index in [4.69, 9.17) is 9.57 Å². The first-order chi connectivity index (χ1) is 6.27. The van der Waals surface area contributed by atoms with Crippen molar-refractivity contribution in [2.75, 3.05) is 19.2 Å². The van der Waals surface area contributed by atoms with Crippen LogP contribution in [0, 0.1) is 0 Å². The monoisotopic (exact) mass is 183 g/mol. The molecule has 1 rings (SSSR count). The molecular formula is C9H13NO3. The molecule has 13 heavy (non-hydrogen) atoms. The minimum absolute atomic E-state index is 0.134. The lowest BCUT2D eigenvalue weighted by Gasteiger charge is -2.08. The van der Waals surface area contributed by atoms with Gasteiger partial charge in [0.1, 0.15) is 17.2 Å². The van der Waals surface area contributed by atoms with E-state index in [0.717, 1.165) is 0 Å². The molecule has 1 aromatic rings. The molecule has 0 aromatic heterocycles. The highest BCUT2D eigenvalue weighted by Crippen LogP contribution is 2.27. The van der Waals surface area contributed by atoms with E-state index in [1.54, 1.807) is 25.3 Å². The molecule has 4 heteroatoms. The Hall–Kier alpha value is -1.42. The number of rotatable bonds is 4. The number of nitrogens with one attached hydrogen (secondary N) is 1. The third-order valence-corrected chi connectivity index (χ3v) is 1.53. The fourth-order valence-corrected chi connectivity index (χ4v) is 0.874. The van der Waals surface area contributed by atoms with Gasteiger partial charge in [-0.3, -0.25) is 10.3 Å². The van der Waals surface area contributed by atoms with Gasteiger partial charge in [-0.25, -0.2) is 0 Å². The van der Waals surface area contributed by atoms with Crippen LogP contribution in [0.1, 0.15) is 6.92 Å². The largest absolute Gasteiger partial charge is 0.506 e. The van der Waals surface area contributed by atoms with Gasteiger partial charge in [-0.05, 0) is 19.1 Å². The van der Waals surface area contributed by atoms with Gasteiger partial charge in [-0.2, -0.15) is 0 Å². The van der Waals surface area contributed by atoms with Crippen LogP contribution >= 0.6 is 0 Å². The lowest BCUT2D eigenvalue weighted by atomic mass is 10.3. The summed E-state index contributed by atoms with van der Waals surface area (Å²) in [7, 11) is 1.57. The molecule has 0 bridgehead atoms. The van der Waals surface area contributed by atoms with Crippen LogP contribution in [-0.2, 0) is 4.84 Å². The predicted molar refractivity (Wildman–Crippen MR) is 49.9 cm³/mol. The van der Waals surface area contributed by atoms with Crippen molar-refractivity contribution < 1.29 is 14.7 Å². The van der Waals surface area contributed by atoms with Crippen molar-refractivity contribution in [1.82, 2.24) is 0 Å². The van der Waals surface area contributed by atoms with Crippen LogP contribution < -0.4 is 10.2 Å². The maximum absolute atomic E-state index is 9.36. The van der Waals surface area contributed by atoms with Crippen molar-refractivity contribution in [3.05, 3.63) is 18.2 Å². The Morgan fingerprint density at radius 2 is 2.23 bits per heavy atom. The second-order valence-electron chi connectivity index (χ2n) is 2.42. The molecule has 0 fully saturated rings. The molecule has 0 aliphatic heterocycles. The molecule has 0 unspecified atom stereocenters. The van der Waals surface area contributed by atoms with E-state index in [0.29, 0.717) is 18.0 Å². The van der Waals surface area contributed by atoms with Gasteiger partial charge in [0.25, 0.3) is 0 Å². The number of phenolic OH excluding ortho intramolecular Hbond substituents is 1. The minimum Gasteiger partial charge on any atom is -0.506 e. The van der Waals surface area contributed by atoms with E-state index in [2.05, 4.69) is 5.48 Å². The van der Waals surface area contributed by atoms with Crippen LogP contribution in [0.3, 0.4) is 0 Å². The average Bonchev–Trinajstić information content (AvgIpc) is 2.17. The summed E-state index contributed by atoms with van der Waals surface area (Å²) in [5, 5.41) is 9.36. The van der Waals surface area contributed by atoms with Crippen molar-refractivity contribution in [1.29, 1.82) is 0 Å². The van der Waals surface area contributed by atoms with Crippen LogP contribution in [0.25, 0.3) is 0 Å². The summed E-state index contributed by atoms with van der Waals surface area (Å²) in [6, 6.07) is 4.87. The Morgan fingerprint density at radius 1 is 1.46 bits per heavy atom. The molecule has 72 valence electrons. The van der Waals surface area contributed by atoms with Crippen LogP contribution in [-0.4, -0.2) is 18.8 Å². The van der Waals surface area contributed by atoms with E-state index in [1.165, 1.54) is 0 Å². The topological polar surface area (TPSA) is 50.7 Å².